The Labute approximate surface area is 212 Å². The number of carbonyl (C=O) groups excluding carboxylic acids is 1. The molecule has 0 aliphatic rings. The number of pyridine rings is 1. The summed E-state index contributed by atoms with van der Waals surface area (Å²) in [6.45, 7) is 7.86. The molecule has 0 saturated heterocycles. The molecule has 2 aromatic carbocycles. The van der Waals surface area contributed by atoms with Gasteiger partial charge in [0.25, 0.3) is 5.91 Å². The summed E-state index contributed by atoms with van der Waals surface area (Å²) >= 11 is 0. The van der Waals surface area contributed by atoms with Crippen LogP contribution in [0.1, 0.15) is 42.3 Å². The van der Waals surface area contributed by atoms with Crippen LogP contribution in [-0.2, 0) is 15.4 Å². The van der Waals surface area contributed by atoms with E-state index < -0.39 is 15.9 Å². The molecule has 0 unspecified atom stereocenters. The Hall–Kier alpha value is -3.79. The number of carbonyl (C=O) groups is 1. The Balaban J connectivity index is 1.98. The maximum absolute atomic E-state index is 13.3. The summed E-state index contributed by atoms with van der Waals surface area (Å²) in [6, 6.07) is 12.1. The highest BCUT2D eigenvalue weighted by Gasteiger charge is 2.22. The third-order valence-corrected chi connectivity index (χ3v) is 5.96. The highest BCUT2D eigenvalue weighted by atomic mass is 32.2. The van der Waals surface area contributed by atoms with Crippen molar-refractivity contribution in [2.45, 2.75) is 33.1 Å². The number of hydrogen-bond donors (Lipinski definition) is 3. The number of anilines is 3. The lowest BCUT2D eigenvalue weighted by molar-refractivity contribution is 0.102. The molecule has 3 N–H and O–H groups in total. The molecule has 192 valence electrons. The van der Waals surface area contributed by atoms with E-state index >= 15 is 0 Å². The predicted octanol–water partition coefficient (Wildman–Crippen LogP) is 5.15. The first kappa shape index (κ1) is 26.8. The monoisotopic (exact) mass is 512 g/mol. The van der Waals surface area contributed by atoms with Gasteiger partial charge in [0.1, 0.15) is 17.3 Å². The Morgan fingerprint density at radius 2 is 1.72 bits per heavy atom. The van der Waals surface area contributed by atoms with Gasteiger partial charge in [0.05, 0.1) is 24.7 Å². The summed E-state index contributed by atoms with van der Waals surface area (Å²) in [5.41, 5.74) is 2.29. The lowest BCUT2D eigenvalue weighted by Crippen LogP contribution is -2.18. The molecule has 0 fully saturated rings. The molecule has 1 amide bonds. The largest absolute Gasteiger partial charge is 0.492 e. The zero-order chi connectivity index (χ0) is 26.7. The molecule has 0 aliphatic heterocycles. The molecular formula is C26H32N4O5S. The van der Waals surface area contributed by atoms with E-state index in [9.17, 15) is 13.2 Å². The first-order valence-corrected chi connectivity index (χ1v) is 13.1. The molecule has 36 heavy (non-hydrogen) atoms. The van der Waals surface area contributed by atoms with Crippen molar-refractivity contribution in [3.8, 4) is 17.2 Å². The molecule has 0 aliphatic carbocycles. The smallest absolute Gasteiger partial charge is 0.255 e. The topological polar surface area (TPSA) is 119 Å². The van der Waals surface area contributed by atoms with Crippen LogP contribution in [-0.4, -0.2) is 39.7 Å². The van der Waals surface area contributed by atoms with Gasteiger partial charge in [-0.2, -0.15) is 0 Å². The van der Waals surface area contributed by atoms with Gasteiger partial charge in [-0.1, -0.05) is 26.8 Å². The van der Waals surface area contributed by atoms with Gasteiger partial charge in [-0.05, 0) is 53.8 Å². The average Bonchev–Trinajstić information content (AvgIpc) is 2.78. The van der Waals surface area contributed by atoms with Crippen molar-refractivity contribution in [2.75, 3.05) is 35.8 Å². The number of aromatic nitrogens is 1. The van der Waals surface area contributed by atoms with Gasteiger partial charge in [-0.3, -0.25) is 9.52 Å². The summed E-state index contributed by atoms with van der Waals surface area (Å²) in [7, 11) is -0.399. The Morgan fingerprint density at radius 1 is 1.03 bits per heavy atom. The van der Waals surface area contributed by atoms with Crippen molar-refractivity contribution >= 4 is 33.1 Å². The van der Waals surface area contributed by atoms with Crippen LogP contribution in [0.2, 0.25) is 0 Å². The highest BCUT2D eigenvalue weighted by Crippen LogP contribution is 2.39. The van der Waals surface area contributed by atoms with Gasteiger partial charge in [0, 0.05) is 24.9 Å². The fourth-order valence-corrected chi connectivity index (χ4v) is 3.99. The van der Waals surface area contributed by atoms with Crippen LogP contribution in [0.4, 0.5) is 17.2 Å². The Kier molecular flexibility index (Phi) is 7.78. The third kappa shape index (κ3) is 6.66. The molecule has 0 radical (unpaired) electrons. The minimum Gasteiger partial charge on any atom is -0.492 e. The van der Waals surface area contributed by atoms with Crippen LogP contribution >= 0.6 is 0 Å². The lowest BCUT2D eigenvalue weighted by atomic mass is 9.86. The first-order chi connectivity index (χ1) is 16.8. The van der Waals surface area contributed by atoms with E-state index in [0.29, 0.717) is 28.6 Å². The molecule has 1 heterocycles. The molecule has 9 nitrogen and oxygen atoms in total. The van der Waals surface area contributed by atoms with Crippen molar-refractivity contribution in [3.05, 3.63) is 65.4 Å². The van der Waals surface area contributed by atoms with Crippen LogP contribution < -0.4 is 24.8 Å². The van der Waals surface area contributed by atoms with Gasteiger partial charge in [0.15, 0.2) is 5.75 Å². The molecule has 0 bridgehead atoms. The fourth-order valence-electron chi connectivity index (χ4n) is 3.43. The summed E-state index contributed by atoms with van der Waals surface area (Å²) in [6.07, 6.45) is 2.69. The van der Waals surface area contributed by atoms with E-state index in [2.05, 4.69) is 20.3 Å². The Morgan fingerprint density at radius 3 is 2.33 bits per heavy atom. The number of hydrogen-bond acceptors (Lipinski definition) is 7. The zero-order valence-electron chi connectivity index (χ0n) is 21.5. The van der Waals surface area contributed by atoms with Crippen LogP contribution in [0.3, 0.4) is 0 Å². The van der Waals surface area contributed by atoms with Crippen LogP contribution in [0.25, 0.3) is 0 Å². The second kappa shape index (κ2) is 10.4. The van der Waals surface area contributed by atoms with E-state index in [1.54, 1.807) is 55.7 Å². The molecule has 10 heteroatoms. The number of rotatable bonds is 8. The molecule has 0 spiro atoms. The minimum absolute atomic E-state index is 0.210. The maximum atomic E-state index is 13.3. The second-order valence-electron chi connectivity index (χ2n) is 9.39. The molecule has 0 atom stereocenters. The maximum Gasteiger partial charge on any atom is 0.255 e. The summed E-state index contributed by atoms with van der Waals surface area (Å²) in [4.78, 5) is 17.4. The van der Waals surface area contributed by atoms with E-state index in [-0.39, 0.29) is 16.9 Å². The number of ether oxygens (including phenoxy) is 2. The number of sulfonamides is 1. The standard InChI is InChI=1S/C26H32N4O5S/c1-16-8-9-17(12-22(16)35-19-10-11-28-23(15-19)27-5)25(31)29-20-13-18(26(2,3)4)14-21(24(20)34-6)30-36(7,32)33/h8-15,30H,1-7H3,(H,27,28)(H,29,31). The first-order valence-electron chi connectivity index (χ1n) is 11.2. The van der Waals surface area contributed by atoms with Crippen molar-refractivity contribution in [3.63, 3.8) is 0 Å². The van der Waals surface area contributed by atoms with E-state index in [4.69, 9.17) is 9.47 Å². The van der Waals surface area contributed by atoms with Crippen molar-refractivity contribution in [2.24, 2.45) is 0 Å². The minimum atomic E-state index is -3.58. The van der Waals surface area contributed by atoms with Crippen LogP contribution in [0, 0.1) is 6.92 Å². The number of aryl methyl sites for hydroxylation is 1. The average molecular weight is 513 g/mol. The van der Waals surface area contributed by atoms with E-state index in [0.717, 1.165) is 17.4 Å². The van der Waals surface area contributed by atoms with Gasteiger partial charge in [-0.15, -0.1) is 0 Å². The number of methoxy groups -OCH3 is 1. The van der Waals surface area contributed by atoms with Gasteiger partial charge in [0.2, 0.25) is 10.0 Å². The van der Waals surface area contributed by atoms with Gasteiger partial charge < -0.3 is 20.1 Å². The number of nitrogens with zero attached hydrogens (tertiary/aromatic N) is 1. The molecule has 3 aromatic rings. The molecule has 0 saturated carbocycles. The molecular weight excluding hydrogens is 480 g/mol. The predicted molar refractivity (Wildman–Crippen MR) is 143 cm³/mol. The SMILES string of the molecule is CNc1cc(Oc2cc(C(=O)Nc3cc(C(C)(C)C)cc(NS(C)(=O)=O)c3OC)ccc2C)ccn1. The van der Waals surface area contributed by atoms with Gasteiger partial charge >= 0.3 is 0 Å². The fraction of sp³-hybridized carbons (Fsp3) is 0.308. The lowest BCUT2D eigenvalue weighted by Gasteiger charge is -2.24. The van der Waals surface area contributed by atoms with Crippen molar-refractivity contribution < 1.29 is 22.7 Å². The number of benzene rings is 2. The van der Waals surface area contributed by atoms with Gasteiger partial charge in [-0.25, -0.2) is 13.4 Å². The highest BCUT2D eigenvalue weighted by molar-refractivity contribution is 7.92. The number of nitrogens with one attached hydrogen (secondary N) is 3. The second-order valence-corrected chi connectivity index (χ2v) is 11.1. The van der Waals surface area contributed by atoms with Crippen molar-refractivity contribution in [1.29, 1.82) is 0 Å². The number of amides is 1. The molecule has 3 rings (SSSR count). The zero-order valence-corrected chi connectivity index (χ0v) is 22.3. The quantitative estimate of drug-likeness (QED) is 0.382. The Bertz CT molecular complexity index is 1380. The van der Waals surface area contributed by atoms with E-state index in [1.165, 1.54) is 7.11 Å². The van der Waals surface area contributed by atoms with Crippen LogP contribution in [0.5, 0.6) is 17.2 Å². The van der Waals surface area contributed by atoms with Crippen LogP contribution in [0.15, 0.2) is 48.7 Å². The normalized spacial score (nSPS) is 11.5. The summed E-state index contributed by atoms with van der Waals surface area (Å²) < 4.78 is 37.9. The molecule has 1 aromatic heterocycles. The van der Waals surface area contributed by atoms with E-state index in [1.807, 2.05) is 27.7 Å². The van der Waals surface area contributed by atoms with Crippen molar-refractivity contribution in [1.82, 2.24) is 4.98 Å². The third-order valence-electron chi connectivity index (χ3n) is 5.37. The summed E-state index contributed by atoms with van der Waals surface area (Å²) in [5.74, 6) is 1.56. The summed E-state index contributed by atoms with van der Waals surface area (Å²) in [5, 5.41) is 5.83.